The number of nitrogens with one attached hydrogen (secondary N) is 1. The largest absolute Gasteiger partial charge is 0.374 e. The van der Waals surface area contributed by atoms with Crippen LogP contribution in [0.25, 0.3) is 0 Å². The molecule has 1 rings (SSSR count). The molecule has 0 fully saturated rings. The normalized spacial score (nSPS) is 14.4. The Kier molecular flexibility index (Phi) is 3.94. The van der Waals surface area contributed by atoms with Crippen LogP contribution in [0.4, 0.5) is 5.69 Å². The van der Waals surface area contributed by atoms with E-state index in [0.29, 0.717) is 5.56 Å². The molecule has 0 aromatic heterocycles. The highest BCUT2D eigenvalue weighted by molar-refractivity contribution is 5.34. The maximum Gasteiger partial charge on any atom is 0.269 e. The van der Waals surface area contributed by atoms with Crippen LogP contribution in [0.3, 0.4) is 0 Å². The minimum absolute atomic E-state index is 0.00738. The van der Waals surface area contributed by atoms with Crippen molar-refractivity contribution in [3.05, 3.63) is 39.9 Å². The first-order chi connectivity index (χ1) is 7.50. The average Bonchev–Trinajstić information content (AvgIpc) is 2.29. The van der Waals surface area contributed by atoms with E-state index in [4.69, 9.17) is 5.73 Å². The third-order valence-corrected chi connectivity index (χ3v) is 2.42. The summed E-state index contributed by atoms with van der Waals surface area (Å²) in [4.78, 5) is 10.1. The SMILES string of the molecule is CNC(O)(CN)Cc1cccc([N+](=O)[O-])c1. The molecule has 0 bridgehead atoms. The first-order valence-electron chi connectivity index (χ1n) is 4.85. The van der Waals surface area contributed by atoms with Crippen LogP contribution in [0.15, 0.2) is 24.3 Å². The van der Waals surface area contributed by atoms with Crippen LogP contribution in [0, 0.1) is 10.1 Å². The number of nitro benzene ring substituents is 1. The molecule has 88 valence electrons. The van der Waals surface area contributed by atoms with Crippen LogP contribution < -0.4 is 11.1 Å². The molecule has 16 heavy (non-hydrogen) atoms. The Morgan fingerprint density at radius 3 is 2.81 bits per heavy atom. The molecule has 4 N–H and O–H groups in total. The van der Waals surface area contributed by atoms with Crippen LogP contribution in [0.5, 0.6) is 0 Å². The highest BCUT2D eigenvalue weighted by atomic mass is 16.6. The van der Waals surface area contributed by atoms with Crippen LogP contribution in [-0.4, -0.2) is 29.3 Å². The van der Waals surface area contributed by atoms with Crippen molar-refractivity contribution in [2.75, 3.05) is 13.6 Å². The molecule has 0 heterocycles. The van der Waals surface area contributed by atoms with E-state index in [1.54, 1.807) is 19.2 Å². The first-order valence-corrected chi connectivity index (χ1v) is 4.85. The van der Waals surface area contributed by atoms with Gasteiger partial charge in [0.15, 0.2) is 0 Å². The molecule has 0 saturated heterocycles. The number of nitrogens with zero attached hydrogens (tertiary/aromatic N) is 1. The van der Waals surface area contributed by atoms with Crippen LogP contribution >= 0.6 is 0 Å². The lowest BCUT2D eigenvalue weighted by Gasteiger charge is -2.25. The molecule has 0 aliphatic heterocycles. The van der Waals surface area contributed by atoms with Gasteiger partial charge < -0.3 is 10.8 Å². The zero-order chi connectivity index (χ0) is 12.2. The van der Waals surface area contributed by atoms with E-state index in [2.05, 4.69) is 5.32 Å². The Balaban J connectivity index is 2.89. The number of rotatable bonds is 5. The molecule has 6 nitrogen and oxygen atoms in total. The van der Waals surface area contributed by atoms with E-state index in [9.17, 15) is 15.2 Å². The van der Waals surface area contributed by atoms with Crippen LogP contribution in [0.2, 0.25) is 0 Å². The Morgan fingerprint density at radius 1 is 1.62 bits per heavy atom. The summed E-state index contributed by atoms with van der Waals surface area (Å²) in [5.41, 5.74) is 4.86. The maximum absolute atomic E-state index is 10.6. The van der Waals surface area contributed by atoms with E-state index >= 15 is 0 Å². The van der Waals surface area contributed by atoms with E-state index in [0.717, 1.165) is 0 Å². The highest BCUT2D eigenvalue weighted by Crippen LogP contribution is 2.16. The molecule has 1 atom stereocenters. The van der Waals surface area contributed by atoms with Gasteiger partial charge in [0.25, 0.3) is 5.69 Å². The summed E-state index contributed by atoms with van der Waals surface area (Å²) < 4.78 is 0. The lowest BCUT2D eigenvalue weighted by atomic mass is 10.0. The smallest absolute Gasteiger partial charge is 0.269 e. The number of likely N-dealkylation sites (N-methyl/N-ethyl adjacent to an activating group) is 1. The topological polar surface area (TPSA) is 101 Å². The molecular formula is C10H15N3O3. The Hall–Kier alpha value is -1.50. The van der Waals surface area contributed by atoms with Gasteiger partial charge in [0, 0.05) is 25.1 Å². The number of aliphatic hydroxyl groups is 1. The number of non-ortho nitro benzene ring substituents is 1. The molecule has 0 radical (unpaired) electrons. The fourth-order valence-electron chi connectivity index (χ4n) is 1.38. The van der Waals surface area contributed by atoms with Crippen molar-refractivity contribution in [1.82, 2.24) is 5.32 Å². The van der Waals surface area contributed by atoms with E-state index < -0.39 is 10.6 Å². The number of hydrogen-bond acceptors (Lipinski definition) is 5. The summed E-state index contributed by atoms with van der Waals surface area (Å²) in [7, 11) is 1.59. The molecule has 0 spiro atoms. The standard InChI is InChI=1S/C10H15N3O3/c1-12-10(14,7-11)6-8-3-2-4-9(5-8)13(15)16/h2-5,12,14H,6-7,11H2,1H3. The summed E-state index contributed by atoms with van der Waals surface area (Å²) in [6.07, 6.45) is 0.224. The molecule has 0 aliphatic rings. The lowest BCUT2D eigenvalue weighted by Crippen LogP contribution is -2.51. The minimum atomic E-state index is -1.23. The van der Waals surface area contributed by atoms with Gasteiger partial charge in [-0.2, -0.15) is 0 Å². The van der Waals surface area contributed by atoms with E-state index in [-0.39, 0.29) is 18.7 Å². The fraction of sp³-hybridized carbons (Fsp3) is 0.400. The van der Waals surface area contributed by atoms with Gasteiger partial charge in [-0.3, -0.25) is 15.4 Å². The van der Waals surface area contributed by atoms with Crippen LogP contribution in [0.1, 0.15) is 5.56 Å². The third-order valence-electron chi connectivity index (χ3n) is 2.42. The van der Waals surface area contributed by atoms with Crippen molar-refractivity contribution in [1.29, 1.82) is 0 Å². The summed E-state index contributed by atoms with van der Waals surface area (Å²) in [5.74, 6) is 0. The van der Waals surface area contributed by atoms with Gasteiger partial charge in [-0.1, -0.05) is 12.1 Å². The van der Waals surface area contributed by atoms with Gasteiger partial charge in [0.05, 0.1) is 4.92 Å². The molecule has 6 heteroatoms. The molecule has 1 aromatic carbocycles. The maximum atomic E-state index is 10.6. The van der Waals surface area contributed by atoms with Gasteiger partial charge in [-0.05, 0) is 12.6 Å². The predicted molar refractivity (Wildman–Crippen MR) is 59.9 cm³/mol. The molecule has 0 amide bonds. The number of nitrogens with two attached hydrogens (primary N) is 1. The second kappa shape index (κ2) is 5.02. The molecule has 0 aliphatic carbocycles. The molecule has 1 aromatic rings. The van der Waals surface area contributed by atoms with Crippen molar-refractivity contribution >= 4 is 5.69 Å². The summed E-state index contributed by atoms with van der Waals surface area (Å²) in [6, 6.07) is 6.13. The number of nitro groups is 1. The van der Waals surface area contributed by atoms with Crippen LogP contribution in [-0.2, 0) is 6.42 Å². The van der Waals surface area contributed by atoms with Crippen molar-refractivity contribution in [2.24, 2.45) is 5.73 Å². The monoisotopic (exact) mass is 225 g/mol. The molecule has 0 saturated carbocycles. The Morgan fingerprint density at radius 2 is 2.31 bits per heavy atom. The minimum Gasteiger partial charge on any atom is -0.374 e. The molecule has 1 unspecified atom stereocenters. The lowest BCUT2D eigenvalue weighted by molar-refractivity contribution is -0.384. The average molecular weight is 225 g/mol. The summed E-state index contributed by atoms with van der Waals surface area (Å²) in [6.45, 7) is 0.0339. The second-order valence-corrected chi connectivity index (χ2v) is 3.59. The van der Waals surface area contributed by atoms with Crippen molar-refractivity contribution in [3.63, 3.8) is 0 Å². The Labute approximate surface area is 93.2 Å². The van der Waals surface area contributed by atoms with E-state index in [1.165, 1.54) is 12.1 Å². The van der Waals surface area contributed by atoms with Crippen molar-refractivity contribution in [3.8, 4) is 0 Å². The molecular weight excluding hydrogens is 210 g/mol. The quantitative estimate of drug-likeness (QED) is 0.372. The second-order valence-electron chi connectivity index (χ2n) is 3.59. The zero-order valence-corrected chi connectivity index (χ0v) is 9.01. The van der Waals surface area contributed by atoms with Gasteiger partial charge in [0.1, 0.15) is 5.72 Å². The Bertz CT molecular complexity index is 377. The predicted octanol–water partition coefficient (Wildman–Crippen LogP) is 0.00400. The number of benzene rings is 1. The summed E-state index contributed by atoms with van der Waals surface area (Å²) >= 11 is 0. The van der Waals surface area contributed by atoms with Gasteiger partial charge in [0.2, 0.25) is 0 Å². The highest BCUT2D eigenvalue weighted by Gasteiger charge is 2.23. The van der Waals surface area contributed by atoms with Crippen molar-refractivity contribution < 1.29 is 10.0 Å². The zero-order valence-electron chi connectivity index (χ0n) is 9.01. The van der Waals surface area contributed by atoms with Gasteiger partial charge in [-0.15, -0.1) is 0 Å². The number of hydrogen-bond donors (Lipinski definition) is 3. The fourth-order valence-corrected chi connectivity index (χ4v) is 1.38. The van der Waals surface area contributed by atoms with Gasteiger partial charge in [-0.25, -0.2) is 0 Å². The third kappa shape index (κ3) is 2.99. The van der Waals surface area contributed by atoms with E-state index in [1.807, 2.05) is 0 Å². The summed E-state index contributed by atoms with van der Waals surface area (Å²) in [5, 5.41) is 23.2. The van der Waals surface area contributed by atoms with Crippen molar-refractivity contribution in [2.45, 2.75) is 12.1 Å². The first kappa shape index (κ1) is 12.6. The van der Waals surface area contributed by atoms with Gasteiger partial charge >= 0.3 is 0 Å².